The molecule has 1 fully saturated rings. The van der Waals surface area contributed by atoms with Crippen molar-refractivity contribution in [3.8, 4) is 0 Å². The summed E-state index contributed by atoms with van der Waals surface area (Å²) in [7, 11) is 0. The average Bonchev–Trinajstić information content (AvgIpc) is 3.36. The lowest BCUT2D eigenvalue weighted by atomic mass is 9.86. The van der Waals surface area contributed by atoms with E-state index in [9.17, 15) is 24.0 Å². The Labute approximate surface area is 251 Å². The van der Waals surface area contributed by atoms with Gasteiger partial charge in [-0.3, -0.25) is 29.1 Å². The molecule has 0 bridgehead atoms. The van der Waals surface area contributed by atoms with Crippen LogP contribution in [0.4, 0.5) is 5.69 Å². The van der Waals surface area contributed by atoms with Crippen LogP contribution < -0.4 is 21.8 Å². The number of hydrogen-bond donors (Lipinski definition) is 2. The molecule has 1 aliphatic heterocycles. The number of fused-ring (bicyclic) bond motifs is 3. The molecule has 1 saturated heterocycles. The Morgan fingerprint density at radius 1 is 1.09 bits per heavy atom. The number of piperidine rings is 1. The molecule has 0 saturated carbocycles. The Kier molecular flexibility index (Phi) is 6.98. The van der Waals surface area contributed by atoms with Gasteiger partial charge in [0.05, 0.1) is 22.9 Å². The van der Waals surface area contributed by atoms with Crippen LogP contribution in [0.5, 0.6) is 0 Å². The van der Waals surface area contributed by atoms with Gasteiger partial charge in [0, 0.05) is 40.8 Å². The Bertz CT molecular complexity index is 2150. The van der Waals surface area contributed by atoms with Crippen molar-refractivity contribution in [2.24, 2.45) is 0 Å². The van der Waals surface area contributed by atoms with Crippen molar-refractivity contribution < 1.29 is 23.2 Å². The lowest BCUT2D eigenvalue weighted by Crippen LogP contribution is -2.45. The topological polar surface area (TPSA) is 154 Å². The molecule has 11 heteroatoms. The van der Waals surface area contributed by atoms with E-state index >= 15 is 0 Å². The summed E-state index contributed by atoms with van der Waals surface area (Å²) in [5.74, 6) is -1.05. The van der Waals surface area contributed by atoms with Crippen LogP contribution in [0.3, 0.4) is 0 Å². The molecule has 1 aliphatic rings. The van der Waals surface area contributed by atoms with Crippen LogP contribution in [-0.4, -0.2) is 27.3 Å². The van der Waals surface area contributed by atoms with Crippen molar-refractivity contribution in [2.45, 2.75) is 71.8 Å². The number of anilines is 1. The second kappa shape index (κ2) is 10.6. The van der Waals surface area contributed by atoms with E-state index in [2.05, 4.69) is 36.4 Å². The van der Waals surface area contributed by atoms with Gasteiger partial charge in [0.1, 0.15) is 23.0 Å². The summed E-state index contributed by atoms with van der Waals surface area (Å²) < 4.78 is 12.7. The summed E-state index contributed by atoms with van der Waals surface area (Å²) >= 11 is 0. The number of nitrogens with zero attached hydrogens (tertiary/aromatic N) is 2. The summed E-state index contributed by atoms with van der Waals surface area (Å²) in [6, 6.07) is 7.72. The molecule has 4 heterocycles. The fraction of sp³-hybridized carbons (Fsp3) is 0.333. The lowest BCUT2D eigenvalue weighted by molar-refractivity contribution is -0.135. The molecule has 1 unspecified atom stereocenters. The number of carbonyl (C=O) groups excluding carboxylic acids is 3. The standard InChI is InChI=1S/C33H32N4O7/c1-16-18(32(42)44-26-14-25-20(13-19(16)26)21(15-43-25)33(3,4)5)9-11-27(38)35-23-8-6-7-22-29(23)31(41)37(17(2)34-22)24-10-12-28(39)36-30(24)40/h6-8,13-15,24H,9-12H2,1-5H3,(H,35,38)(H,36,39,40). The zero-order valence-electron chi connectivity index (χ0n) is 25.1. The SMILES string of the molecule is Cc1c(CCC(=O)Nc2cccc3nc(C)n(C4CCC(=O)NC4=O)c(=O)c23)c(=O)oc2cc3occ(C(C)(C)C)c3cc12. The van der Waals surface area contributed by atoms with Crippen LogP contribution in [0.25, 0.3) is 32.8 Å². The predicted molar refractivity (Wildman–Crippen MR) is 165 cm³/mol. The van der Waals surface area contributed by atoms with Crippen molar-refractivity contribution in [2.75, 3.05) is 5.32 Å². The molecule has 226 valence electrons. The molecule has 5 aromatic rings. The molecule has 2 aromatic carbocycles. The largest absolute Gasteiger partial charge is 0.464 e. The maximum absolute atomic E-state index is 13.7. The Morgan fingerprint density at radius 3 is 2.59 bits per heavy atom. The molecule has 2 N–H and O–H groups in total. The third kappa shape index (κ3) is 4.97. The van der Waals surface area contributed by atoms with Crippen LogP contribution in [-0.2, 0) is 26.2 Å². The van der Waals surface area contributed by atoms with E-state index in [0.29, 0.717) is 28.1 Å². The van der Waals surface area contributed by atoms with Crippen LogP contribution in [0.1, 0.15) is 68.6 Å². The number of hydrogen-bond acceptors (Lipinski definition) is 8. The molecule has 3 amide bonds. The van der Waals surface area contributed by atoms with Gasteiger partial charge in [0.15, 0.2) is 0 Å². The predicted octanol–water partition coefficient (Wildman–Crippen LogP) is 4.71. The number of furan rings is 1. The van der Waals surface area contributed by atoms with Crippen LogP contribution >= 0.6 is 0 Å². The highest BCUT2D eigenvalue weighted by Crippen LogP contribution is 2.35. The third-order valence-corrected chi connectivity index (χ3v) is 8.29. The molecule has 3 aromatic heterocycles. The van der Waals surface area contributed by atoms with E-state index in [1.165, 1.54) is 4.57 Å². The first-order chi connectivity index (χ1) is 20.8. The summed E-state index contributed by atoms with van der Waals surface area (Å²) in [6.45, 7) is 9.75. The number of benzene rings is 2. The van der Waals surface area contributed by atoms with Gasteiger partial charge < -0.3 is 14.2 Å². The van der Waals surface area contributed by atoms with Crippen molar-refractivity contribution >= 4 is 56.3 Å². The highest BCUT2D eigenvalue weighted by Gasteiger charge is 2.31. The van der Waals surface area contributed by atoms with E-state index in [1.54, 1.807) is 37.5 Å². The highest BCUT2D eigenvalue weighted by molar-refractivity contribution is 6.02. The monoisotopic (exact) mass is 596 g/mol. The molecule has 0 aliphatic carbocycles. The van der Waals surface area contributed by atoms with Gasteiger partial charge >= 0.3 is 5.63 Å². The van der Waals surface area contributed by atoms with E-state index in [1.807, 2.05) is 13.0 Å². The van der Waals surface area contributed by atoms with Crippen molar-refractivity contribution in [3.63, 3.8) is 0 Å². The minimum Gasteiger partial charge on any atom is -0.464 e. The normalized spacial score (nSPS) is 15.7. The van der Waals surface area contributed by atoms with Gasteiger partial charge in [-0.25, -0.2) is 9.78 Å². The molecule has 0 radical (unpaired) electrons. The maximum atomic E-state index is 13.7. The van der Waals surface area contributed by atoms with E-state index in [-0.39, 0.29) is 42.2 Å². The molecule has 44 heavy (non-hydrogen) atoms. The molecule has 0 spiro atoms. The Hall–Kier alpha value is -5.06. The number of nitrogens with one attached hydrogen (secondary N) is 2. The minimum absolute atomic E-state index is 0.0463. The molecule has 1 atom stereocenters. The van der Waals surface area contributed by atoms with Crippen molar-refractivity contribution in [3.05, 3.63) is 79.9 Å². The fourth-order valence-electron chi connectivity index (χ4n) is 5.98. The van der Waals surface area contributed by atoms with Gasteiger partial charge in [0.25, 0.3) is 5.56 Å². The van der Waals surface area contributed by atoms with E-state index in [0.717, 1.165) is 21.9 Å². The van der Waals surface area contributed by atoms with Crippen LogP contribution in [0.2, 0.25) is 0 Å². The van der Waals surface area contributed by atoms with Crippen molar-refractivity contribution in [1.29, 1.82) is 0 Å². The third-order valence-electron chi connectivity index (χ3n) is 8.29. The smallest absolute Gasteiger partial charge is 0.339 e. The zero-order valence-corrected chi connectivity index (χ0v) is 25.1. The molecule has 11 nitrogen and oxygen atoms in total. The first kappa shape index (κ1) is 29.0. The van der Waals surface area contributed by atoms with Gasteiger partial charge in [-0.05, 0) is 55.9 Å². The Morgan fingerprint density at radius 2 is 1.86 bits per heavy atom. The van der Waals surface area contributed by atoms with E-state index < -0.39 is 34.9 Å². The number of aryl methyl sites for hydroxylation is 2. The number of aromatic nitrogens is 2. The maximum Gasteiger partial charge on any atom is 0.339 e. The van der Waals surface area contributed by atoms with Gasteiger partial charge in [-0.15, -0.1) is 0 Å². The summed E-state index contributed by atoms with van der Waals surface area (Å²) in [5.41, 5.74) is 2.63. The summed E-state index contributed by atoms with van der Waals surface area (Å²) in [4.78, 5) is 68.5. The zero-order chi connectivity index (χ0) is 31.5. The van der Waals surface area contributed by atoms with E-state index in [4.69, 9.17) is 8.83 Å². The number of rotatable bonds is 5. The minimum atomic E-state index is -0.890. The quantitative estimate of drug-likeness (QED) is 0.218. The van der Waals surface area contributed by atoms with Gasteiger partial charge in [-0.1, -0.05) is 26.8 Å². The Balaban J connectivity index is 1.29. The lowest BCUT2D eigenvalue weighted by Gasteiger charge is -2.24. The number of imide groups is 1. The summed E-state index contributed by atoms with van der Waals surface area (Å²) in [5, 5.41) is 6.92. The molecular weight excluding hydrogens is 564 g/mol. The highest BCUT2D eigenvalue weighted by atomic mass is 16.4. The van der Waals surface area contributed by atoms with Crippen LogP contribution in [0, 0.1) is 13.8 Å². The number of amides is 3. The van der Waals surface area contributed by atoms with Gasteiger partial charge in [0.2, 0.25) is 17.7 Å². The average molecular weight is 597 g/mol. The van der Waals surface area contributed by atoms with Crippen molar-refractivity contribution in [1.82, 2.24) is 14.9 Å². The van der Waals surface area contributed by atoms with Gasteiger partial charge in [-0.2, -0.15) is 0 Å². The second-order valence-electron chi connectivity index (χ2n) is 12.3. The van der Waals surface area contributed by atoms with Crippen LogP contribution in [0.15, 0.2) is 55.0 Å². The second-order valence-corrected chi connectivity index (χ2v) is 12.3. The first-order valence-corrected chi connectivity index (χ1v) is 14.5. The molecule has 6 rings (SSSR count). The summed E-state index contributed by atoms with van der Waals surface area (Å²) in [6.07, 6.45) is 2.07. The number of carbonyl (C=O) groups is 3. The molecular formula is C33H32N4O7. The first-order valence-electron chi connectivity index (χ1n) is 14.5. The fourth-order valence-corrected chi connectivity index (χ4v) is 5.98.